The van der Waals surface area contributed by atoms with Crippen molar-refractivity contribution in [2.75, 3.05) is 12.3 Å². The van der Waals surface area contributed by atoms with Gasteiger partial charge in [-0.25, -0.2) is 4.79 Å². The Morgan fingerprint density at radius 1 is 1.67 bits per heavy atom. The van der Waals surface area contributed by atoms with Gasteiger partial charge in [-0.05, 0) is 0 Å². The molecule has 0 spiro atoms. The van der Waals surface area contributed by atoms with Gasteiger partial charge in [-0.1, -0.05) is 0 Å². The van der Waals surface area contributed by atoms with Crippen molar-refractivity contribution in [2.45, 2.75) is 6.42 Å². The number of rotatable bonds is 0. The highest BCUT2D eigenvalue weighted by atomic mass is 32.2. The third kappa shape index (κ3) is 2.11. The molecule has 5 heteroatoms. The van der Waals surface area contributed by atoms with Crippen molar-refractivity contribution in [3.63, 3.8) is 0 Å². The van der Waals surface area contributed by atoms with Gasteiger partial charge in [0.15, 0.2) is 0 Å². The minimum absolute atomic E-state index is 0.328. The fourth-order valence-electron chi connectivity index (χ4n) is 0.596. The van der Waals surface area contributed by atoms with Crippen molar-refractivity contribution in [2.24, 2.45) is 0 Å². The van der Waals surface area contributed by atoms with Crippen molar-refractivity contribution in [1.82, 2.24) is 10.0 Å². The van der Waals surface area contributed by atoms with E-state index in [4.69, 9.17) is 0 Å². The molecule has 0 aromatic heterocycles. The first-order valence-electron chi connectivity index (χ1n) is 2.72. The van der Waals surface area contributed by atoms with Gasteiger partial charge in [0.2, 0.25) is 0 Å². The van der Waals surface area contributed by atoms with Crippen molar-refractivity contribution in [1.29, 1.82) is 0 Å². The van der Waals surface area contributed by atoms with E-state index >= 15 is 0 Å². The second-order valence-corrected chi connectivity index (χ2v) is 3.06. The van der Waals surface area contributed by atoms with E-state index in [2.05, 4.69) is 10.0 Å². The van der Waals surface area contributed by atoms with Crippen LogP contribution < -0.4 is 10.0 Å². The molecule has 1 saturated heterocycles. The molecule has 0 aromatic rings. The quantitative estimate of drug-likeness (QED) is 0.448. The number of nitrogens with one attached hydrogen (secondary N) is 2. The summed E-state index contributed by atoms with van der Waals surface area (Å²) in [7, 11) is 0. The van der Waals surface area contributed by atoms with E-state index in [9.17, 15) is 9.35 Å². The molecule has 1 aliphatic rings. The summed E-state index contributed by atoms with van der Waals surface area (Å²) in [4.78, 5) is 10.5. The monoisotopic (exact) mass is 148 g/mol. The van der Waals surface area contributed by atoms with Crippen LogP contribution in [0.5, 0.6) is 0 Å². The summed E-state index contributed by atoms with van der Waals surface area (Å²) in [5.74, 6) is 0.554. The summed E-state index contributed by atoms with van der Waals surface area (Å²) in [6, 6.07) is -0.328. The molecule has 0 saturated carbocycles. The lowest BCUT2D eigenvalue weighted by Gasteiger charge is -2.03. The zero-order valence-electron chi connectivity index (χ0n) is 4.85. The maximum Gasteiger partial charge on any atom is 0.356 e. The summed E-state index contributed by atoms with van der Waals surface area (Å²) in [6.45, 7) is 0.623. The van der Waals surface area contributed by atoms with E-state index in [1.54, 1.807) is 0 Å². The fourth-order valence-corrected chi connectivity index (χ4v) is 1.38. The lowest BCUT2D eigenvalue weighted by molar-refractivity contribution is 0.246. The minimum atomic E-state index is -1.15. The average Bonchev–Trinajstić information content (AvgIpc) is 1.93. The molecule has 1 heterocycles. The molecule has 1 atom stereocenters. The second-order valence-electron chi connectivity index (χ2n) is 1.76. The van der Waals surface area contributed by atoms with Crippen LogP contribution in [0.1, 0.15) is 6.42 Å². The number of urea groups is 1. The molecular weight excluding hydrogens is 140 g/mol. The maximum atomic E-state index is 10.6. The van der Waals surface area contributed by atoms with Gasteiger partial charge in [-0.3, -0.25) is 0 Å². The van der Waals surface area contributed by atoms with Crippen LogP contribution in [0, 0.1) is 0 Å². The SMILES string of the molecule is O=C1NCCC[S+]([O-])N1. The molecule has 1 unspecified atom stereocenters. The van der Waals surface area contributed by atoms with Crippen molar-refractivity contribution >= 4 is 17.4 Å². The summed E-state index contributed by atoms with van der Waals surface area (Å²) in [5.41, 5.74) is 0. The molecule has 0 aliphatic carbocycles. The number of amides is 2. The van der Waals surface area contributed by atoms with Crippen molar-refractivity contribution in [3.05, 3.63) is 0 Å². The van der Waals surface area contributed by atoms with Gasteiger partial charge in [0.1, 0.15) is 5.75 Å². The Bertz CT molecular complexity index is 119. The standard InChI is InChI=1S/C4H8N2O2S/c7-4-5-2-1-3-9(8)6-4/h1-3H2,(H2,5,6,7). The first-order valence-corrected chi connectivity index (χ1v) is 4.04. The molecule has 1 fully saturated rings. The summed E-state index contributed by atoms with van der Waals surface area (Å²) in [6.07, 6.45) is 0.783. The molecule has 0 aromatic carbocycles. The van der Waals surface area contributed by atoms with Crippen LogP contribution in [-0.2, 0) is 11.4 Å². The highest BCUT2D eigenvalue weighted by molar-refractivity contribution is 7.90. The van der Waals surface area contributed by atoms with Gasteiger partial charge in [-0.2, -0.15) is 4.72 Å². The van der Waals surface area contributed by atoms with Crippen LogP contribution in [0.2, 0.25) is 0 Å². The Morgan fingerprint density at radius 2 is 2.44 bits per heavy atom. The molecule has 4 nitrogen and oxygen atoms in total. The number of hydrogen-bond acceptors (Lipinski definition) is 2. The van der Waals surface area contributed by atoms with Gasteiger partial charge in [0.05, 0.1) is 11.4 Å². The Hall–Kier alpha value is -0.420. The van der Waals surface area contributed by atoms with Crippen LogP contribution in [0.25, 0.3) is 0 Å². The lowest BCUT2D eigenvalue weighted by Crippen LogP contribution is -2.36. The van der Waals surface area contributed by atoms with E-state index < -0.39 is 11.4 Å². The Labute approximate surface area is 56.3 Å². The van der Waals surface area contributed by atoms with Crippen LogP contribution in [0.15, 0.2) is 0 Å². The van der Waals surface area contributed by atoms with Gasteiger partial charge >= 0.3 is 6.03 Å². The largest absolute Gasteiger partial charge is 0.593 e. The normalized spacial score (nSPS) is 28.1. The summed E-state index contributed by atoms with van der Waals surface area (Å²) < 4.78 is 12.9. The van der Waals surface area contributed by atoms with Gasteiger partial charge < -0.3 is 9.87 Å². The number of carbonyl (C=O) groups excluding carboxylic acids is 1. The smallest absolute Gasteiger partial charge is 0.356 e. The molecule has 1 aliphatic heterocycles. The third-order valence-electron chi connectivity index (χ3n) is 0.999. The molecule has 1 rings (SSSR count). The van der Waals surface area contributed by atoms with Gasteiger partial charge in [0.25, 0.3) is 0 Å². The molecule has 2 amide bonds. The molecule has 9 heavy (non-hydrogen) atoms. The Kier molecular flexibility index (Phi) is 2.18. The fraction of sp³-hybridized carbons (Fsp3) is 0.750. The van der Waals surface area contributed by atoms with Gasteiger partial charge in [0, 0.05) is 13.0 Å². The zero-order chi connectivity index (χ0) is 6.69. The Morgan fingerprint density at radius 3 is 3.22 bits per heavy atom. The van der Waals surface area contributed by atoms with Crippen molar-refractivity contribution < 1.29 is 9.35 Å². The first-order chi connectivity index (χ1) is 4.29. The first kappa shape index (κ1) is 6.70. The van der Waals surface area contributed by atoms with Crippen LogP contribution in [-0.4, -0.2) is 22.9 Å². The molecule has 2 N–H and O–H groups in total. The Balaban J connectivity index is 2.37. The highest BCUT2D eigenvalue weighted by Gasteiger charge is 2.14. The van der Waals surface area contributed by atoms with Crippen LogP contribution in [0.4, 0.5) is 4.79 Å². The second kappa shape index (κ2) is 2.93. The molecular formula is C4H8N2O2S. The molecule has 52 valence electrons. The predicted molar refractivity (Wildman–Crippen MR) is 34.2 cm³/mol. The highest BCUT2D eigenvalue weighted by Crippen LogP contribution is 1.92. The van der Waals surface area contributed by atoms with Crippen LogP contribution in [0.3, 0.4) is 0 Å². The maximum absolute atomic E-state index is 10.6. The third-order valence-corrected chi connectivity index (χ3v) is 2.07. The number of hydrogen-bond donors (Lipinski definition) is 2. The van der Waals surface area contributed by atoms with Crippen molar-refractivity contribution in [3.8, 4) is 0 Å². The van der Waals surface area contributed by atoms with E-state index in [1.165, 1.54) is 0 Å². The average molecular weight is 148 g/mol. The molecule has 0 radical (unpaired) electrons. The van der Waals surface area contributed by atoms with E-state index in [-0.39, 0.29) is 6.03 Å². The van der Waals surface area contributed by atoms with E-state index in [1.807, 2.05) is 0 Å². The lowest BCUT2D eigenvalue weighted by atomic mass is 10.5. The summed E-state index contributed by atoms with van der Waals surface area (Å²) in [5, 5.41) is 2.53. The summed E-state index contributed by atoms with van der Waals surface area (Å²) >= 11 is -1.15. The van der Waals surface area contributed by atoms with E-state index in [0.29, 0.717) is 12.3 Å². The van der Waals surface area contributed by atoms with Crippen LogP contribution >= 0.6 is 0 Å². The zero-order valence-corrected chi connectivity index (χ0v) is 5.66. The minimum Gasteiger partial charge on any atom is -0.593 e. The van der Waals surface area contributed by atoms with E-state index in [0.717, 1.165) is 6.42 Å². The van der Waals surface area contributed by atoms with Gasteiger partial charge in [-0.15, -0.1) is 0 Å². The topological polar surface area (TPSA) is 64.2 Å². The number of carbonyl (C=O) groups is 1. The predicted octanol–water partition coefficient (Wildman–Crippen LogP) is -0.647. The molecule has 0 bridgehead atoms.